The Morgan fingerprint density at radius 1 is 1.27 bits per heavy atom. The third-order valence-electron chi connectivity index (χ3n) is 3.94. The SMILES string of the molecule is O=C1c2ccc(OS(=O)(=O)C(F)(F)F)cc2C2CCNC1C2. The maximum Gasteiger partial charge on any atom is 0.534 e. The number of benzene rings is 1. The van der Waals surface area contributed by atoms with E-state index in [0.717, 1.165) is 12.5 Å². The van der Waals surface area contributed by atoms with Crippen molar-refractivity contribution < 1.29 is 30.6 Å². The Morgan fingerprint density at radius 3 is 2.68 bits per heavy atom. The molecule has 9 heteroatoms. The van der Waals surface area contributed by atoms with Crippen molar-refractivity contribution in [3.8, 4) is 5.75 Å². The zero-order valence-corrected chi connectivity index (χ0v) is 12.0. The fourth-order valence-corrected chi connectivity index (χ4v) is 3.37. The molecule has 2 aliphatic rings. The van der Waals surface area contributed by atoms with Gasteiger partial charge in [0.1, 0.15) is 5.75 Å². The summed E-state index contributed by atoms with van der Waals surface area (Å²) < 4.78 is 63.3. The fraction of sp³-hybridized carbons (Fsp3) is 0.462. The number of Topliss-reactive ketones (excluding diaryl/α,β-unsaturated/α-hetero) is 1. The van der Waals surface area contributed by atoms with E-state index in [1.807, 2.05) is 0 Å². The van der Waals surface area contributed by atoms with Crippen LogP contribution in [0.1, 0.15) is 34.7 Å². The Kier molecular flexibility index (Phi) is 3.44. The van der Waals surface area contributed by atoms with Crippen molar-refractivity contribution in [3.63, 3.8) is 0 Å². The third kappa shape index (κ3) is 2.48. The molecular weight excluding hydrogens is 323 g/mol. The predicted octanol–water partition coefficient (Wildman–Crippen LogP) is 1.95. The highest BCUT2D eigenvalue weighted by Gasteiger charge is 2.48. The molecule has 0 amide bonds. The van der Waals surface area contributed by atoms with E-state index in [0.29, 0.717) is 24.1 Å². The molecule has 2 atom stereocenters. The Bertz CT molecular complexity index is 729. The number of alkyl halides is 3. The minimum absolute atomic E-state index is 0.0103. The van der Waals surface area contributed by atoms with E-state index >= 15 is 0 Å². The minimum atomic E-state index is -5.71. The molecule has 1 aliphatic heterocycles. The number of rotatable bonds is 2. The molecule has 5 nitrogen and oxygen atoms in total. The van der Waals surface area contributed by atoms with E-state index in [4.69, 9.17) is 0 Å². The van der Waals surface area contributed by atoms with Gasteiger partial charge in [-0.3, -0.25) is 4.79 Å². The lowest BCUT2D eigenvalue weighted by Gasteiger charge is -2.35. The number of piperidine rings is 1. The van der Waals surface area contributed by atoms with E-state index < -0.39 is 21.4 Å². The van der Waals surface area contributed by atoms with Crippen LogP contribution in [0.25, 0.3) is 0 Å². The van der Waals surface area contributed by atoms with Gasteiger partial charge in [-0.05, 0) is 49.1 Å². The first-order chi connectivity index (χ1) is 10.2. The Hall–Kier alpha value is -1.61. The van der Waals surface area contributed by atoms with Crippen LogP contribution in [0.2, 0.25) is 0 Å². The number of carbonyl (C=O) groups excluding carboxylic acids is 1. The molecule has 2 unspecified atom stereocenters. The standard InChI is InChI=1S/C13H12F3NO4S/c14-13(15,16)22(19,20)21-8-1-2-9-10(6-8)7-3-4-17-11(5-7)12(9)18/h1-2,6-7,11,17H,3-5H2. The summed E-state index contributed by atoms with van der Waals surface area (Å²) in [6.07, 6.45) is 1.29. The monoisotopic (exact) mass is 335 g/mol. The molecule has 1 saturated heterocycles. The molecule has 2 bridgehead atoms. The van der Waals surface area contributed by atoms with Crippen LogP contribution in [-0.2, 0) is 10.1 Å². The van der Waals surface area contributed by atoms with Gasteiger partial charge in [0.05, 0.1) is 6.04 Å². The molecule has 0 aromatic heterocycles. The van der Waals surface area contributed by atoms with Gasteiger partial charge < -0.3 is 9.50 Å². The van der Waals surface area contributed by atoms with Gasteiger partial charge in [-0.15, -0.1) is 0 Å². The quantitative estimate of drug-likeness (QED) is 0.661. The molecule has 1 aromatic carbocycles. The second kappa shape index (κ2) is 4.95. The lowest BCUT2D eigenvalue weighted by Crippen LogP contribution is -2.46. The van der Waals surface area contributed by atoms with Crippen LogP contribution in [0, 0.1) is 0 Å². The topological polar surface area (TPSA) is 72.5 Å². The summed E-state index contributed by atoms with van der Waals surface area (Å²) in [4.78, 5) is 12.2. The fourth-order valence-electron chi connectivity index (χ4n) is 2.92. The summed E-state index contributed by atoms with van der Waals surface area (Å²) >= 11 is 0. The maximum atomic E-state index is 12.3. The van der Waals surface area contributed by atoms with E-state index in [1.165, 1.54) is 12.1 Å². The van der Waals surface area contributed by atoms with Crippen LogP contribution < -0.4 is 9.50 Å². The molecule has 120 valence electrons. The van der Waals surface area contributed by atoms with E-state index in [1.54, 1.807) is 0 Å². The van der Waals surface area contributed by atoms with Crippen molar-refractivity contribution in [1.29, 1.82) is 0 Å². The first-order valence-corrected chi connectivity index (χ1v) is 8.02. The minimum Gasteiger partial charge on any atom is -0.376 e. The maximum absolute atomic E-state index is 12.3. The van der Waals surface area contributed by atoms with Gasteiger partial charge in [-0.1, -0.05) is 0 Å². The molecule has 1 fully saturated rings. The van der Waals surface area contributed by atoms with Gasteiger partial charge in [0.25, 0.3) is 0 Å². The molecule has 0 saturated carbocycles. The summed E-state index contributed by atoms with van der Waals surface area (Å²) in [5, 5.41) is 3.09. The second-order valence-electron chi connectivity index (χ2n) is 5.32. The van der Waals surface area contributed by atoms with Crippen molar-refractivity contribution in [2.24, 2.45) is 0 Å². The highest BCUT2D eigenvalue weighted by atomic mass is 32.2. The zero-order chi connectivity index (χ0) is 16.1. The number of ketones is 1. The first-order valence-electron chi connectivity index (χ1n) is 6.61. The van der Waals surface area contributed by atoms with Crippen molar-refractivity contribution >= 4 is 15.9 Å². The number of carbonyl (C=O) groups is 1. The van der Waals surface area contributed by atoms with E-state index in [-0.39, 0.29) is 17.7 Å². The first kappa shape index (κ1) is 15.3. The Morgan fingerprint density at radius 2 is 2.00 bits per heavy atom. The molecule has 1 aromatic rings. The van der Waals surface area contributed by atoms with Crippen molar-refractivity contribution in [3.05, 3.63) is 29.3 Å². The molecule has 22 heavy (non-hydrogen) atoms. The highest BCUT2D eigenvalue weighted by molar-refractivity contribution is 7.88. The Labute approximate surface area is 124 Å². The summed E-state index contributed by atoms with van der Waals surface area (Å²) in [5.74, 6) is -0.548. The lowest BCUT2D eigenvalue weighted by atomic mass is 9.75. The number of hydrogen-bond acceptors (Lipinski definition) is 5. The van der Waals surface area contributed by atoms with E-state index in [2.05, 4.69) is 9.50 Å². The molecule has 1 aliphatic carbocycles. The predicted molar refractivity (Wildman–Crippen MR) is 70.1 cm³/mol. The van der Waals surface area contributed by atoms with Gasteiger partial charge in [-0.25, -0.2) is 0 Å². The largest absolute Gasteiger partial charge is 0.534 e. The highest BCUT2D eigenvalue weighted by Crippen LogP contribution is 2.39. The second-order valence-corrected chi connectivity index (χ2v) is 6.86. The molecular formula is C13H12F3NO4S. The summed E-state index contributed by atoms with van der Waals surface area (Å²) in [6, 6.07) is 3.34. The van der Waals surface area contributed by atoms with Crippen LogP contribution in [0.3, 0.4) is 0 Å². The summed E-state index contributed by atoms with van der Waals surface area (Å²) in [6.45, 7) is 0.631. The molecule has 1 heterocycles. The van der Waals surface area contributed by atoms with Gasteiger partial charge in [-0.2, -0.15) is 21.6 Å². The average Bonchev–Trinajstić information content (AvgIpc) is 2.44. The molecule has 0 spiro atoms. The van der Waals surface area contributed by atoms with Crippen LogP contribution in [0.15, 0.2) is 18.2 Å². The normalized spacial score (nSPS) is 24.8. The van der Waals surface area contributed by atoms with Crippen LogP contribution in [0.4, 0.5) is 13.2 Å². The van der Waals surface area contributed by atoms with Crippen molar-refractivity contribution in [1.82, 2.24) is 5.32 Å². The number of nitrogens with one attached hydrogen (secondary N) is 1. The molecule has 3 rings (SSSR count). The van der Waals surface area contributed by atoms with Crippen molar-refractivity contribution in [2.45, 2.75) is 30.3 Å². The zero-order valence-electron chi connectivity index (χ0n) is 11.2. The third-order valence-corrected chi connectivity index (χ3v) is 4.92. The summed E-state index contributed by atoms with van der Waals surface area (Å²) in [5.41, 5.74) is -4.53. The number of hydrogen-bond donors (Lipinski definition) is 1. The van der Waals surface area contributed by atoms with Crippen LogP contribution >= 0.6 is 0 Å². The van der Waals surface area contributed by atoms with Crippen molar-refractivity contribution in [2.75, 3.05) is 6.54 Å². The lowest BCUT2D eigenvalue weighted by molar-refractivity contribution is -0.0500. The van der Waals surface area contributed by atoms with Gasteiger partial charge in [0.2, 0.25) is 0 Å². The van der Waals surface area contributed by atoms with Gasteiger partial charge in [0.15, 0.2) is 5.78 Å². The summed E-state index contributed by atoms with van der Waals surface area (Å²) in [7, 11) is -5.71. The number of halogens is 3. The smallest absolute Gasteiger partial charge is 0.376 e. The average molecular weight is 335 g/mol. The molecule has 1 N–H and O–H groups in total. The van der Waals surface area contributed by atoms with Crippen LogP contribution in [-0.4, -0.2) is 32.3 Å². The number of fused-ring (bicyclic) bond motifs is 4. The van der Waals surface area contributed by atoms with Gasteiger partial charge >= 0.3 is 15.6 Å². The van der Waals surface area contributed by atoms with Gasteiger partial charge in [0, 0.05) is 5.56 Å². The van der Waals surface area contributed by atoms with Crippen LogP contribution in [0.5, 0.6) is 5.75 Å². The Balaban J connectivity index is 1.96. The molecule has 0 radical (unpaired) electrons. The van der Waals surface area contributed by atoms with E-state index in [9.17, 15) is 26.4 Å².